The summed E-state index contributed by atoms with van der Waals surface area (Å²) >= 11 is 1.20. The molecule has 2 rings (SSSR count). The first-order chi connectivity index (χ1) is 15.0. The first-order valence-corrected chi connectivity index (χ1v) is 11.7. The Morgan fingerprint density at radius 1 is 1.16 bits per heavy atom. The van der Waals surface area contributed by atoms with E-state index in [0.29, 0.717) is 30.6 Å². The van der Waals surface area contributed by atoms with Crippen LogP contribution in [0.2, 0.25) is 0 Å². The molecule has 8 heteroatoms. The van der Waals surface area contributed by atoms with Crippen LogP contribution in [0.4, 0.5) is 13.2 Å². The molecule has 1 unspecified atom stereocenters. The number of aryl methyl sites for hydroxylation is 3. The summed E-state index contributed by atoms with van der Waals surface area (Å²) < 4.78 is 37.2. The maximum Gasteiger partial charge on any atom is 0.430 e. The fourth-order valence-corrected chi connectivity index (χ4v) is 4.79. The fourth-order valence-electron chi connectivity index (χ4n) is 3.94. The molecule has 1 aliphatic carbocycles. The van der Waals surface area contributed by atoms with Crippen molar-refractivity contribution in [3.63, 3.8) is 0 Å². The number of Topliss-reactive ketones (excluding diaryl/α,β-unsaturated/α-hetero) is 1. The molecule has 0 heterocycles. The van der Waals surface area contributed by atoms with Crippen molar-refractivity contribution < 1.29 is 23.1 Å². The second-order valence-electron chi connectivity index (χ2n) is 8.01. The topological polar surface area (TPSA) is 89.3 Å². The maximum absolute atomic E-state index is 13.0. The molecule has 0 saturated carbocycles. The number of carbonyl (C=O) groups excluding carboxylic acids is 1. The molecule has 1 aromatic rings. The van der Waals surface area contributed by atoms with Gasteiger partial charge in [0.2, 0.25) is 0 Å². The molecule has 0 amide bonds. The van der Waals surface area contributed by atoms with Crippen molar-refractivity contribution in [3.8, 4) is 0 Å². The summed E-state index contributed by atoms with van der Waals surface area (Å²) in [6, 6.07) is 4.14. The Morgan fingerprint density at radius 2 is 1.75 bits per heavy atom. The molecule has 1 aliphatic rings. The number of aliphatic hydroxyl groups is 1. The van der Waals surface area contributed by atoms with Crippen LogP contribution in [0, 0.1) is 12.8 Å². The van der Waals surface area contributed by atoms with E-state index in [-0.39, 0.29) is 22.5 Å². The van der Waals surface area contributed by atoms with Crippen molar-refractivity contribution in [2.24, 2.45) is 17.4 Å². The number of halogens is 3. The number of hydrogen-bond acceptors (Lipinski definition) is 5. The van der Waals surface area contributed by atoms with Gasteiger partial charge in [-0.1, -0.05) is 31.5 Å². The average molecular weight is 469 g/mol. The van der Waals surface area contributed by atoms with Gasteiger partial charge in [0, 0.05) is 12.8 Å². The van der Waals surface area contributed by atoms with E-state index in [4.69, 9.17) is 11.5 Å². The Hall–Kier alpha value is -2.35. The molecule has 0 spiro atoms. The van der Waals surface area contributed by atoms with Gasteiger partial charge in [0.1, 0.15) is 11.5 Å². The van der Waals surface area contributed by atoms with Crippen LogP contribution in [0.3, 0.4) is 0 Å². The van der Waals surface area contributed by atoms with E-state index < -0.39 is 11.9 Å². The van der Waals surface area contributed by atoms with Crippen molar-refractivity contribution in [3.05, 3.63) is 63.0 Å². The molecule has 0 aromatic heterocycles. The SMILES string of the molecule is CCc1cc(C)cc(CC)c1C1=C(O)CC(CCS/C(N)=C/C=C(\N)C(F)(F)F)CC1=O. The van der Waals surface area contributed by atoms with Gasteiger partial charge in [-0.25, -0.2) is 0 Å². The number of benzene rings is 1. The number of allylic oxidation sites excluding steroid dienone is 5. The highest BCUT2D eigenvalue weighted by Crippen LogP contribution is 2.37. The smallest absolute Gasteiger partial charge is 0.430 e. The molecule has 0 saturated heterocycles. The molecular weight excluding hydrogens is 437 g/mol. The van der Waals surface area contributed by atoms with Crippen molar-refractivity contribution in [1.29, 1.82) is 0 Å². The normalized spacial score (nSPS) is 18.4. The van der Waals surface area contributed by atoms with Crippen LogP contribution < -0.4 is 11.5 Å². The van der Waals surface area contributed by atoms with E-state index in [1.807, 2.05) is 20.8 Å². The minimum Gasteiger partial charge on any atom is -0.512 e. The highest BCUT2D eigenvalue weighted by atomic mass is 32.2. The molecule has 176 valence electrons. The Labute approximate surface area is 191 Å². The number of ketones is 1. The minimum atomic E-state index is -4.59. The predicted molar refractivity (Wildman–Crippen MR) is 125 cm³/mol. The maximum atomic E-state index is 13.0. The lowest BCUT2D eigenvalue weighted by Gasteiger charge is -2.26. The third-order valence-corrected chi connectivity index (χ3v) is 6.44. The molecule has 0 bridgehead atoms. The summed E-state index contributed by atoms with van der Waals surface area (Å²) in [4.78, 5) is 13.0. The van der Waals surface area contributed by atoms with Gasteiger partial charge in [-0.15, -0.1) is 11.8 Å². The zero-order valence-electron chi connectivity index (χ0n) is 18.7. The number of thioether (sulfide) groups is 1. The zero-order chi connectivity index (χ0) is 24.1. The summed E-state index contributed by atoms with van der Waals surface area (Å²) in [6.07, 6.45) is 0.154. The third-order valence-electron chi connectivity index (χ3n) is 5.53. The van der Waals surface area contributed by atoms with Crippen LogP contribution in [0.15, 0.2) is 40.8 Å². The molecule has 0 radical (unpaired) electrons. The number of rotatable bonds is 8. The van der Waals surface area contributed by atoms with Crippen LogP contribution in [-0.4, -0.2) is 22.8 Å². The Morgan fingerprint density at radius 3 is 2.25 bits per heavy atom. The predicted octanol–water partition coefficient (Wildman–Crippen LogP) is 5.70. The quantitative estimate of drug-likeness (QED) is 0.426. The lowest BCUT2D eigenvalue weighted by molar-refractivity contribution is -0.115. The minimum absolute atomic E-state index is 0.0389. The van der Waals surface area contributed by atoms with E-state index in [0.717, 1.165) is 47.2 Å². The summed E-state index contributed by atoms with van der Waals surface area (Å²) in [5, 5.41) is 11.0. The Bertz CT molecular complexity index is 924. The lowest BCUT2D eigenvalue weighted by Crippen LogP contribution is -2.21. The second-order valence-corrected chi connectivity index (χ2v) is 9.18. The van der Waals surface area contributed by atoms with Gasteiger partial charge in [0.05, 0.1) is 10.6 Å². The van der Waals surface area contributed by atoms with E-state index in [1.165, 1.54) is 11.8 Å². The monoisotopic (exact) mass is 468 g/mol. The first-order valence-electron chi connectivity index (χ1n) is 10.7. The van der Waals surface area contributed by atoms with Crippen LogP contribution in [0.5, 0.6) is 0 Å². The van der Waals surface area contributed by atoms with E-state index in [9.17, 15) is 23.1 Å². The van der Waals surface area contributed by atoms with Crippen LogP contribution in [0.25, 0.3) is 5.57 Å². The fraction of sp³-hybridized carbons (Fsp3) is 0.458. The van der Waals surface area contributed by atoms with Crippen molar-refractivity contribution in [1.82, 2.24) is 0 Å². The second kappa shape index (κ2) is 11.0. The Kier molecular flexibility index (Phi) is 8.89. The Balaban J connectivity index is 2.10. The van der Waals surface area contributed by atoms with Crippen molar-refractivity contribution in [2.45, 2.75) is 59.1 Å². The summed E-state index contributed by atoms with van der Waals surface area (Å²) in [7, 11) is 0. The molecule has 1 aromatic carbocycles. The number of nitrogens with two attached hydrogens (primary N) is 2. The van der Waals surface area contributed by atoms with Gasteiger partial charge in [0.25, 0.3) is 0 Å². The molecule has 5 N–H and O–H groups in total. The van der Waals surface area contributed by atoms with Gasteiger partial charge in [-0.2, -0.15) is 13.2 Å². The number of aliphatic hydroxyl groups excluding tert-OH is 1. The van der Waals surface area contributed by atoms with E-state index in [2.05, 4.69) is 12.1 Å². The van der Waals surface area contributed by atoms with E-state index in [1.54, 1.807) is 0 Å². The lowest BCUT2D eigenvalue weighted by atomic mass is 9.79. The highest BCUT2D eigenvalue weighted by Gasteiger charge is 2.31. The van der Waals surface area contributed by atoms with Gasteiger partial charge in [0.15, 0.2) is 5.78 Å². The molecule has 32 heavy (non-hydrogen) atoms. The molecule has 0 aliphatic heterocycles. The number of hydrogen-bond donors (Lipinski definition) is 3. The zero-order valence-corrected chi connectivity index (χ0v) is 19.5. The molecular formula is C24H31F3N2O2S. The van der Waals surface area contributed by atoms with Crippen LogP contribution in [0.1, 0.15) is 55.4 Å². The molecule has 0 fully saturated rings. The summed E-state index contributed by atoms with van der Waals surface area (Å²) in [6.45, 7) is 6.11. The molecule has 4 nitrogen and oxygen atoms in total. The largest absolute Gasteiger partial charge is 0.512 e. The van der Waals surface area contributed by atoms with Crippen LogP contribution >= 0.6 is 11.8 Å². The third kappa shape index (κ3) is 6.58. The van der Waals surface area contributed by atoms with E-state index >= 15 is 0 Å². The first kappa shape index (κ1) is 25.9. The number of carbonyl (C=O) groups is 1. The number of alkyl halides is 3. The van der Waals surface area contributed by atoms with Gasteiger partial charge < -0.3 is 16.6 Å². The summed E-state index contributed by atoms with van der Waals surface area (Å²) in [5.41, 5.74) is 14.0. The van der Waals surface area contributed by atoms with Crippen LogP contribution in [-0.2, 0) is 17.6 Å². The van der Waals surface area contributed by atoms with Gasteiger partial charge in [-0.05, 0) is 66.7 Å². The highest BCUT2D eigenvalue weighted by molar-refractivity contribution is 8.03. The summed E-state index contributed by atoms with van der Waals surface area (Å²) in [5.74, 6) is 0.534. The van der Waals surface area contributed by atoms with Crippen molar-refractivity contribution in [2.75, 3.05) is 5.75 Å². The van der Waals surface area contributed by atoms with Gasteiger partial charge in [-0.3, -0.25) is 4.79 Å². The average Bonchev–Trinajstić information content (AvgIpc) is 2.71. The standard InChI is InChI=1S/C24H31F3N2O2S/c1-4-16-10-14(3)11-17(5-2)22(16)23-18(30)12-15(13-19(23)31)8-9-32-21(29)7-6-20(28)24(25,26)27/h6-7,10-11,15,30H,4-5,8-9,12-13,28-29H2,1-3H3/b20-6-,21-7+. The van der Waals surface area contributed by atoms with Crippen molar-refractivity contribution >= 4 is 23.1 Å². The molecule has 1 atom stereocenters. The van der Waals surface area contributed by atoms with Gasteiger partial charge >= 0.3 is 6.18 Å².